The summed E-state index contributed by atoms with van der Waals surface area (Å²) in [4.78, 5) is 7.72. The van der Waals surface area contributed by atoms with Crippen molar-refractivity contribution in [2.75, 3.05) is 0 Å². The number of halogens is 1. The van der Waals surface area contributed by atoms with Crippen molar-refractivity contribution in [1.29, 1.82) is 0 Å². The molecule has 0 saturated heterocycles. The van der Waals surface area contributed by atoms with Gasteiger partial charge < -0.3 is 4.98 Å². The highest BCUT2D eigenvalue weighted by Gasteiger charge is 2.16. The van der Waals surface area contributed by atoms with E-state index in [1.54, 1.807) is 19.2 Å². The van der Waals surface area contributed by atoms with E-state index in [4.69, 9.17) is 0 Å². The van der Waals surface area contributed by atoms with Crippen LogP contribution in [0.4, 0.5) is 4.39 Å². The maximum atomic E-state index is 14.2. The number of allylic oxidation sites excluding steroid dienone is 1. The Balaban J connectivity index is 2.21. The van der Waals surface area contributed by atoms with Crippen LogP contribution in [0.2, 0.25) is 0 Å². The number of hydrogen-bond acceptors (Lipinski definition) is 1. The Hall–Kier alpha value is -2.68. The largest absolute Gasteiger partial charge is 0.360 e. The van der Waals surface area contributed by atoms with Crippen LogP contribution < -0.4 is 0 Å². The molecule has 0 saturated carbocycles. The molecule has 0 fully saturated rings. The van der Waals surface area contributed by atoms with Gasteiger partial charge in [-0.25, -0.2) is 9.37 Å². The predicted molar refractivity (Wildman–Crippen MR) is 91.1 cm³/mol. The predicted octanol–water partition coefficient (Wildman–Crippen LogP) is 5.51. The molecule has 0 atom stereocenters. The molecule has 0 spiro atoms. The molecule has 0 amide bonds. The first kappa shape index (κ1) is 14.3. The van der Waals surface area contributed by atoms with Gasteiger partial charge in [-0.2, -0.15) is 0 Å². The van der Waals surface area contributed by atoms with E-state index in [0.717, 1.165) is 22.2 Å². The van der Waals surface area contributed by atoms with Crippen molar-refractivity contribution in [3.63, 3.8) is 0 Å². The van der Waals surface area contributed by atoms with E-state index in [9.17, 15) is 4.39 Å². The van der Waals surface area contributed by atoms with Crippen LogP contribution in [0.3, 0.4) is 0 Å². The fourth-order valence-corrected chi connectivity index (χ4v) is 2.60. The lowest BCUT2D eigenvalue weighted by Gasteiger charge is -2.05. The van der Waals surface area contributed by atoms with Crippen LogP contribution in [0.15, 0.2) is 49.2 Å². The van der Waals surface area contributed by atoms with Gasteiger partial charge in [0.05, 0.1) is 11.2 Å². The quantitative estimate of drug-likeness (QED) is 0.677. The number of benzene rings is 1. The van der Waals surface area contributed by atoms with Crippen molar-refractivity contribution >= 4 is 22.8 Å². The second-order valence-corrected chi connectivity index (χ2v) is 5.22. The van der Waals surface area contributed by atoms with Crippen molar-refractivity contribution in [1.82, 2.24) is 9.97 Å². The van der Waals surface area contributed by atoms with Crippen molar-refractivity contribution in [3.05, 3.63) is 66.0 Å². The van der Waals surface area contributed by atoms with Gasteiger partial charge in [0.15, 0.2) is 0 Å². The van der Waals surface area contributed by atoms with Gasteiger partial charge in [0.2, 0.25) is 0 Å². The second-order valence-electron chi connectivity index (χ2n) is 5.22. The first-order valence-corrected chi connectivity index (χ1v) is 7.18. The van der Waals surface area contributed by atoms with Gasteiger partial charge in [-0.15, -0.1) is 0 Å². The SMILES string of the molecule is C=Cc1[nH]cc(-c2ccc3cc(C)ccc3n2)c1/C(F)=C\C. The molecule has 22 heavy (non-hydrogen) atoms. The number of fused-ring (bicyclic) bond motifs is 1. The van der Waals surface area contributed by atoms with Crippen LogP contribution in [0.1, 0.15) is 23.7 Å². The third-order valence-corrected chi connectivity index (χ3v) is 3.73. The molecule has 3 heteroatoms. The summed E-state index contributed by atoms with van der Waals surface area (Å²) in [6.45, 7) is 7.46. The molecule has 2 heterocycles. The van der Waals surface area contributed by atoms with Gasteiger partial charge >= 0.3 is 0 Å². The van der Waals surface area contributed by atoms with Crippen LogP contribution in [-0.2, 0) is 0 Å². The molecule has 0 aliphatic heterocycles. The Morgan fingerprint density at radius 2 is 2.09 bits per heavy atom. The molecule has 2 aromatic heterocycles. The van der Waals surface area contributed by atoms with Crippen molar-refractivity contribution in [2.24, 2.45) is 0 Å². The number of H-pyrrole nitrogens is 1. The molecule has 0 aliphatic rings. The highest BCUT2D eigenvalue weighted by atomic mass is 19.1. The number of nitrogens with one attached hydrogen (secondary N) is 1. The molecule has 0 bridgehead atoms. The molecule has 3 aromatic rings. The zero-order valence-electron chi connectivity index (χ0n) is 12.7. The first-order valence-electron chi connectivity index (χ1n) is 7.18. The lowest BCUT2D eigenvalue weighted by Crippen LogP contribution is -1.89. The van der Waals surface area contributed by atoms with Gasteiger partial charge in [0.25, 0.3) is 0 Å². The zero-order chi connectivity index (χ0) is 15.7. The summed E-state index contributed by atoms with van der Waals surface area (Å²) in [7, 11) is 0. The van der Waals surface area contributed by atoms with Gasteiger partial charge in [-0.05, 0) is 38.1 Å². The molecule has 2 nitrogen and oxygen atoms in total. The standard InChI is InChI=1S/C19H17FN2/c1-4-15(20)19-14(11-21-16(19)5-2)18-9-7-13-10-12(3)6-8-17(13)22-18/h4-11,21H,2H2,1,3H3/b15-4+. The van der Waals surface area contributed by atoms with E-state index in [1.807, 2.05) is 24.3 Å². The number of aryl methyl sites for hydroxylation is 1. The molecule has 110 valence electrons. The van der Waals surface area contributed by atoms with E-state index in [-0.39, 0.29) is 5.83 Å². The first-order chi connectivity index (χ1) is 10.6. The number of aromatic nitrogens is 2. The summed E-state index contributed by atoms with van der Waals surface area (Å²) < 4.78 is 14.2. The Bertz CT molecular complexity index is 888. The van der Waals surface area contributed by atoms with Crippen molar-refractivity contribution in [3.8, 4) is 11.3 Å². The van der Waals surface area contributed by atoms with Crippen LogP contribution in [0.25, 0.3) is 34.1 Å². The fourth-order valence-electron chi connectivity index (χ4n) is 2.60. The summed E-state index contributed by atoms with van der Waals surface area (Å²) >= 11 is 0. The Kier molecular flexibility index (Phi) is 3.63. The molecule has 1 aromatic carbocycles. The second kappa shape index (κ2) is 5.60. The zero-order valence-corrected chi connectivity index (χ0v) is 12.7. The molecule has 0 aliphatic carbocycles. The minimum Gasteiger partial charge on any atom is -0.360 e. The molecule has 0 radical (unpaired) electrons. The highest BCUT2D eigenvalue weighted by molar-refractivity contribution is 5.86. The van der Waals surface area contributed by atoms with E-state index >= 15 is 0 Å². The van der Waals surface area contributed by atoms with Crippen LogP contribution in [0.5, 0.6) is 0 Å². The molecular formula is C19H17FN2. The lowest BCUT2D eigenvalue weighted by molar-refractivity contribution is 0.758. The van der Waals surface area contributed by atoms with E-state index in [1.165, 1.54) is 11.6 Å². The lowest BCUT2D eigenvalue weighted by atomic mass is 10.0. The third-order valence-electron chi connectivity index (χ3n) is 3.73. The third kappa shape index (κ3) is 2.35. The normalized spacial score (nSPS) is 11.9. The topological polar surface area (TPSA) is 28.7 Å². The summed E-state index contributed by atoms with van der Waals surface area (Å²) in [6, 6.07) is 10.0. The number of nitrogens with zero attached hydrogens (tertiary/aromatic N) is 1. The van der Waals surface area contributed by atoms with Crippen LogP contribution in [0, 0.1) is 6.92 Å². The van der Waals surface area contributed by atoms with Crippen LogP contribution >= 0.6 is 0 Å². The van der Waals surface area contributed by atoms with Gasteiger partial charge in [0, 0.05) is 28.4 Å². The molecule has 0 unspecified atom stereocenters. The maximum Gasteiger partial charge on any atom is 0.129 e. The molecular weight excluding hydrogens is 275 g/mol. The summed E-state index contributed by atoms with van der Waals surface area (Å²) in [6.07, 6.45) is 4.84. The number of pyridine rings is 1. The van der Waals surface area contributed by atoms with Gasteiger partial charge in [-0.3, -0.25) is 0 Å². The number of hydrogen-bond donors (Lipinski definition) is 1. The summed E-state index contributed by atoms with van der Waals surface area (Å²) in [5, 5.41) is 1.08. The monoisotopic (exact) mass is 292 g/mol. The number of aromatic amines is 1. The highest BCUT2D eigenvalue weighted by Crippen LogP contribution is 2.33. The Labute approximate surface area is 129 Å². The Morgan fingerprint density at radius 1 is 1.27 bits per heavy atom. The van der Waals surface area contributed by atoms with Gasteiger partial charge in [-0.1, -0.05) is 30.4 Å². The minimum atomic E-state index is -0.281. The maximum absolute atomic E-state index is 14.2. The van der Waals surface area contributed by atoms with Gasteiger partial charge in [0.1, 0.15) is 5.83 Å². The molecule has 3 rings (SSSR count). The summed E-state index contributed by atoms with van der Waals surface area (Å²) in [5.74, 6) is -0.281. The van der Waals surface area contributed by atoms with Crippen molar-refractivity contribution < 1.29 is 4.39 Å². The average molecular weight is 292 g/mol. The average Bonchev–Trinajstić information content (AvgIpc) is 2.97. The molecule has 1 N–H and O–H groups in total. The summed E-state index contributed by atoms with van der Waals surface area (Å²) in [5.41, 5.74) is 4.75. The smallest absolute Gasteiger partial charge is 0.129 e. The van der Waals surface area contributed by atoms with Crippen molar-refractivity contribution in [2.45, 2.75) is 13.8 Å². The van der Waals surface area contributed by atoms with E-state index < -0.39 is 0 Å². The Morgan fingerprint density at radius 3 is 2.82 bits per heavy atom. The number of rotatable bonds is 3. The van der Waals surface area contributed by atoms with Crippen LogP contribution in [-0.4, -0.2) is 9.97 Å². The van der Waals surface area contributed by atoms with E-state index in [2.05, 4.69) is 29.5 Å². The minimum absolute atomic E-state index is 0.281. The fraction of sp³-hybridized carbons (Fsp3) is 0.105. The van der Waals surface area contributed by atoms with E-state index in [0.29, 0.717) is 11.3 Å².